The van der Waals surface area contributed by atoms with Crippen LogP contribution < -0.4 is 5.32 Å². The van der Waals surface area contributed by atoms with Crippen molar-refractivity contribution < 1.29 is 23.9 Å². The SMILES string of the molecule is CC(C)(C)OC(=O)NC1CC(=O)CC12CCC(C(=O)OC(C)(C)C)CC2. The van der Waals surface area contributed by atoms with Gasteiger partial charge in [0.15, 0.2) is 0 Å². The number of rotatable bonds is 2. The molecule has 1 spiro atoms. The fraction of sp³-hybridized carbons (Fsp3) is 0.850. The molecule has 0 aliphatic heterocycles. The quantitative estimate of drug-likeness (QED) is 0.752. The maximum atomic E-state index is 12.3. The van der Waals surface area contributed by atoms with Gasteiger partial charge in [0.25, 0.3) is 0 Å². The summed E-state index contributed by atoms with van der Waals surface area (Å²) in [7, 11) is 0. The molecule has 0 heterocycles. The Balaban J connectivity index is 1.99. The summed E-state index contributed by atoms with van der Waals surface area (Å²) in [6, 6.07) is -0.218. The molecule has 0 aromatic heterocycles. The molecule has 2 aliphatic carbocycles. The Morgan fingerprint density at radius 1 is 1.00 bits per heavy atom. The van der Waals surface area contributed by atoms with E-state index in [1.807, 2.05) is 41.5 Å². The number of carbonyl (C=O) groups excluding carboxylic acids is 3. The Morgan fingerprint density at radius 3 is 2.04 bits per heavy atom. The Hall–Kier alpha value is -1.59. The van der Waals surface area contributed by atoms with Crippen LogP contribution in [0.3, 0.4) is 0 Å². The molecule has 0 aromatic rings. The van der Waals surface area contributed by atoms with Gasteiger partial charge in [-0.2, -0.15) is 0 Å². The highest BCUT2D eigenvalue weighted by atomic mass is 16.6. The number of alkyl carbamates (subject to hydrolysis) is 1. The van der Waals surface area contributed by atoms with E-state index in [2.05, 4.69) is 5.32 Å². The third-order valence-corrected chi connectivity index (χ3v) is 5.13. The summed E-state index contributed by atoms with van der Waals surface area (Å²) in [5, 5.41) is 2.91. The van der Waals surface area contributed by atoms with Crippen molar-refractivity contribution in [3.05, 3.63) is 0 Å². The first-order valence-corrected chi connectivity index (χ1v) is 9.54. The number of Topliss-reactive ketones (excluding diaryl/α,β-unsaturated/α-hetero) is 1. The number of ether oxygens (including phenoxy) is 2. The second-order valence-corrected chi connectivity index (χ2v) is 9.79. The summed E-state index contributed by atoms with van der Waals surface area (Å²) in [5.74, 6) is -0.118. The lowest BCUT2D eigenvalue weighted by atomic mass is 9.67. The van der Waals surface area contributed by atoms with E-state index in [1.165, 1.54) is 0 Å². The minimum absolute atomic E-state index is 0.127. The Labute approximate surface area is 156 Å². The van der Waals surface area contributed by atoms with E-state index in [-0.39, 0.29) is 29.1 Å². The van der Waals surface area contributed by atoms with Crippen LogP contribution in [0, 0.1) is 11.3 Å². The molecule has 0 aromatic carbocycles. The molecule has 0 bridgehead atoms. The van der Waals surface area contributed by atoms with Gasteiger partial charge in [-0.25, -0.2) is 4.79 Å². The van der Waals surface area contributed by atoms with Crippen LogP contribution in [-0.4, -0.2) is 35.1 Å². The van der Waals surface area contributed by atoms with Crippen LogP contribution in [0.25, 0.3) is 0 Å². The molecule has 1 unspecified atom stereocenters. The molecule has 2 aliphatic rings. The summed E-state index contributed by atoms with van der Waals surface area (Å²) in [6.45, 7) is 11.0. The summed E-state index contributed by atoms with van der Waals surface area (Å²) in [6.07, 6.45) is 3.19. The fourth-order valence-corrected chi connectivity index (χ4v) is 4.02. The number of nitrogens with one attached hydrogen (secondary N) is 1. The molecule has 26 heavy (non-hydrogen) atoms. The first-order chi connectivity index (χ1) is 11.8. The second kappa shape index (κ2) is 7.20. The number of hydrogen-bond acceptors (Lipinski definition) is 5. The van der Waals surface area contributed by atoms with Gasteiger partial charge in [0.05, 0.1) is 5.92 Å². The number of amides is 1. The fourth-order valence-electron chi connectivity index (χ4n) is 4.02. The lowest BCUT2D eigenvalue weighted by molar-refractivity contribution is -0.162. The molecule has 148 valence electrons. The van der Waals surface area contributed by atoms with E-state index < -0.39 is 17.3 Å². The highest BCUT2D eigenvalue weighted by molar-refractivity contribution is 5.84. The van der Waals surface area contributed by atoms with Crippen molar-refractivity contribution >= 4 is 17.8 Å². The smallest absolute Gasteiger partial charge is 0.407 e. The number of esters is 1. The summed E-state index contributed by atoms with van der Waals surface area (Å²) in [4.78, 5) is 36.6. The standard InChI is InChI=1S/C20H33NO5/c1-18(2,3)25-16(23)13-7-9-20(10-8-13)12-14(22)11-15(20)21-17(24)26-19(4,5)6/h13,15H,7-12H2,1-6H3,(H,21,24). The van der Waals surface area contributed by atoms with Gasteiger partial charge >= 0.3 is 12.1 Å². The van der Waals surface area contributed by atoms with Gasteiger partial charge in [0.2, 0.25) is 0 Å². The predicted octanol–water partition coefficient (Wildman–Crippen LogP) is 3.76. The van der Waals surface area contributed by atoms with Crippen LogP contribution in [0.2, 0.25) is 0 Å². The molecular formula is C20H33NO5. The zero-order valence-electron chi connectivity index (χ0n) is 16.9. The first kappa shape index (κ1) is 20.7. The summed E-state index contributed by atoms with van der Waals surface area (Å²) >= 11 is 0. The highest BCUT2D eigenvalue weighted by Gasteiger charge is 2.50. The van der Waals surface area contributed by atoms with Gasteiger partial charge in [-0.15, -0.1) is 0 Å². The minimum Gasteiger partial charge on any atom is -0.460 e. The lowest BCUT2D eigenvalue weighted by Crippen LogP contribution is -2.48. The van der Waals surface area contributed by atoms with Crippen LogP contribution in [0.4, 0.5) is 4.79 Å². The van der Waals surface area contributed by atoms with Crippen LogP contribution in [0.1, 0.15) is 80.1 Å². The molecule has 2 rings (SSSR count). The number of carbonyl (C=O) groups is 3. The highest BCUT2D eigenvalue weighted by Crippen LogP contribution is 2.49. The molecule has 1 amide bonds. The topological polar surface area (TPSA) is 81.7 Å². The summed E-state index contributed by atoms with van der Waals surface area (Å²) in [5.41, 5.74) is -1.32. The van der Waals surface area contributed by atoms with E-state index in [1.54, 1.807) is 0 Å². The molecule has 6 nitrogen and oxygen atoms in total. The van der Waals surface area contributed by atoms with E-state index in [0.717, 1.165) is 12.8 Å². The van der Waals surface area contributed by atoms with Crippen molar-refractivity contribution in [3.8, 4) is 0 Å². The molecule has 2 fully saturated rings. The number of hydrogen-bond donors (Lipinski definition) is 1. The maximum Gasteiger partial charge on any atom is 0.407 e. The van der Waals surface area contributed by atoms with Gasteiger partial charge in [-0.3, -0.25) is 9.59 Å². The van der Waals surface area contributed by atoms with E-state index >= 15 is 0 Å². The maximum absolute atomic E-state index is 12.3. The second-order valence-electron chi connectivity index (χ2n) is 9.79. The van der Waals surface area contributed by atoms with Gasteiger partial charge in [0, 0.05) is 18.9 Å². The van der Waals surface area contributed by atoms with Crippen LogP contribution in [-0.2, 0) is 19.1 Å². The largest absolute Gasteiger partial charge is 0.460 e. The molecule has 2 saturated carbocycles. The van der Waals surface area contributed by atoms with E-state index in [4.69, 9.17) is 9.47 Å². The van der Waals surface area contributed by atoms with Crippen molar-refractivity contribution in [2.45, 2.75) is 97.3 Å². The third kappa shape index (κ3) is 5.45. The first-order valence-electron chi connectivity index (χ1n) is 9.54. The lowest BCUT2D eigenvalue weighted by Gasteiger charge is -2.41. The van der Waals surface area contributed by atoms with Gasteiger partial charge < -0.3 is 14.8 Å². The Kier molecular flexibility index (Phi) is 5.74. The molecule has 6 heteroatoms. The van der Waals surface area contributed by atoms with Crippen LogP contribution in [0.15, 0.2) is 0 Å². The van der Waals surface area contributed by atoms with Crippen molar-refractivity contribution in [2.24, 2.45) is 11.3 Å². The van der Waals surface area contributed by atoms with E-state index in [9.17, 15) is 14.4 Å². The summed E-state index contributed by atoms with van der Waals surface area (Å²) < 4.78 is 10.8. The normalized spacial score (nSPS) is 29.5. The van der Waals surface area contributed by atoms with Crippen molar-refractivity contribution in [3.63, 3.8) is 0 Å². The van der Waals surface area contributed by atoms with E-state index in [0.29, 0.717) is 25.7 Å². The van der Waals surface area contributed by atoms with Gasteiger partial charge in [-0.05, 0) is 72.6 Å². The van der Waals surface area contributed by atoms with Gasteiger partial charge in [-0.1, -0.05) is 0 Å². The molecule has 0 saturated heterocycles. The Bertz CT molecular complexity index is 562. The average Bonchev–Trinajstić information content (AvgIpc) is 2.71. The van der Waals surface area contributed by atoms with Crippen LogP contribution >= 0.6 is 0 Å². The van der Waals surface area contributed by atoms with Crippen molar-refractivity contribution in [2.75, 3.05) is 0 Å². The van der Waals surface area contributed by atoms with Crippen molar-refractivity contribution in [1.29, 1.82) is 0 Å². The minimum atomic E-state index is -0.575. The molecule has 1 N–H and O–H groups in total. The molecule has 1 atom stereocenters. The predicted molar refractivity (Wildman–Crippen MR) is 97.6 cm³/mol. The molecular weight excluding hydrogens is 334 g/mol. The third-order valence-electron chi connectivity index (χ3n) is 5.13. The van der Waals surface area contributed by atoms with Gasteiger partial charge in [0.1, 0.15) is 17.0 Å². The van der Waals surface area contributed by atoms with Crippen molar-refractivity contribution in [1.82, 2.24) is 5.32 Å². The van der Waals surface area contributed by atoms with Crippen LogP contribution in [0.5, 0.6) is 0 Å². The Morgan fingerprint density at radius 2 is 1.54 bits per heavy atom. The monoisotopic (exact) mass is 367 g/mol. The molecule has 0 radical (unpaired) electrons. The average molecular weight is 367 g/mol. The number of ketones is 1. The zero-order valence-corrected chi connectivity index (χ0v) is 16.9. The zero-order chi connectivity index (χ0) is 19.8.